The van der Waals surface area contributed by atoms with E-state index in [4.69, 9.17) is 10.5 Å². The summed E-state index contributed by atoms with van der Waals surface area (Å²) in [4.78, 5) is 13.8. The van der Waals surface area contributed by atoms with Gasteiger partial charge in [0.1, 0.15) is 11.4 Å². The first-order chi connectivity index (χ1) is 8.97. The lowest BCUT2D eigenvalue weighted by Crippen LogP contribution is -2.58. The van der Waals surface area contributed by atoms with Crippen LogP contribution in [0.3, 0.4) is 0 Å². The van der Waals surface area contributed by atoms with Crippen molar-refractivity contribution >= 4 is 11.7 Å². The van der Waals surface area contributed by atoms with Crippen molar-refractivity contribution in [2.24, 2.45) is 11.7 Å². The molecule has 104 valence electrons. The second-order valence-electron chi connectivity index (χ2n) is 5.14. The van der Waals surface area contributed by atoms with E-state index >= 15 is 0 Å². The molecule has 0 radical (unpaired) electrons. The Hall–Kier alpha value is -1.62. The van der Waals surface area contributed by atoms with E-state index in [0.717, 1.165) is 18.5 Å². The number of methoxy groups -OCH3 is 1. The number of nitrogens with zero attached hydrogens (tertiary/aromatic N) is 1. The van der Waals surface area contributed by atoms with Crippen LogP contribution in [-0.2, 0) is 9.53 Å². The molecule has 5 heteroatoms. The minimum Gasteiger partial charge on any atom is -0.468 e. The minimum atomic E-state index is -0.988. The Morgan fingerprint density at radius 1 is 1.47 bits per heavy atom. The maximum absolute atomic E-state index is 12.9. The summed E-state index contributed by atoms with van der Waals surface area (Å²) in [6.07, 6.45) is 1.89. The molecule has 1 aromatic rings. The Morgan fingerprint density at radius 2 is 2.05 bits per heavy atom. The zero-order chi connectivity index (χ0) is 14.0. The van der Waals surface area contributed by atoms with Crippen LogP contribution in [-0.4, -0.2) is 32.2 Å². The van der Waals surface area contributed by atoms with E-state index in [1.54, 1.807) is 12.1 Å². The number of nitrogens with two attached hydrogens (primary N) is 1. The highest BCUT2D eigenvalue weighted by molar-refractivity contribution is 5.82. The van der Waals surface area contributed by atoms with Crippen LogP contribution < -0.4 is 10.6 Å². The van der Waals surface area contributed by atoms with Gasteiger partial charge in [-0.2, -0.15) is 0 Å². The fourth-order valence-corrected chi connectivity index (χ4v) is 2.33. The van der Waals surface area contributed by atoms with Crippen molar-refractivity contribution in [2.45, 2.75) is 18.4 Å². The topological polar surface area (TPSA) is 55.6 Å². The summed E-state index contributed by atoms with van der Waals surface area (Å²) in [6.45, 7) is 0.357. The van der Waals surface area contributed by atoms with Gasteiger partial charge in [-0.25, -0.2) is 9.18 Å². The highest BCUT2D eigenvalue weighted by Crippen LogP contribution is 2.39. The number of benzene rings is 1. The minimum absolute atomic E-state index is 0.169. The van der Waals surface area contributed by atoms with Gasteiger partial charge >= 0.3 is 5.97 Å². The van der Waals surface area contributed by atoms with Gasteiger partial charge in [-0.1, -0.05) is 0 Å². The molecule has 0 amide bonds. The van der Waals surface area contributed by atoms with Crippen LogP contribution in [0.25, 0.3) is 0 Å². The number of anilines is 1. The van der Waals surface area contributed by atoms with E-state index in [0.29, 0.717) is 6.54 Å². The van der Waals surface area contributed by atoms with Crippen molar-refractivity contribution in [1.29, 1.82) is 0 Å². The predicted octanol–water partition coefficient (Wildman–Crippen LogP) is 1.54. The Bertz CT molecular complexity index is 459. The van der Waals surface area contributed by atoms with Crippen LogP contribution in [0.2, 0.25) is 0 Å². The summed E-state index contributed by atoms with van der Waals surface area (Å²) < 4.78 is 17.7. The molecule has 4 nitrogen and oxygen atoms in total. The standard InChI is InChI=1S/C14H19FN2O2/c1-17(12-7-5-11(15)6-8-12)9-14(16,10-3-4-10)13(18)19-2/h5-8,10H,3-4,9,16H2,1-2H3. The number of hydrogen-bond donors (Lipinski definition) is 1. The second kappa shape index (κ2) is 5.17. The van der Waals surface area contributed by atoms with Crippen LogP contribution in [0.15, 0.2) is 24.3 Å². The van der Waals surface area contributed by atoms with E-state index in [1.807, 2.05) is 11.9 Å². The van der Waals surface area contributed by atoms with Crippen LogP contribution in [0.1, 0.15) is 12.8 Å². The van der Waals surface area contributed by atoms with Crippen LogP contribution >= 0.6 is 0 Å². The van der Waals surface area contributed by atoms with Gasteiger partial charge in [0.2, 0.25) is 0 Å². The van der Waals surface area contributed by atoms with Crippen molar-refractivity contribution in [3.63, 3.8) is 0 Å². The third kappa shape index (κ3) is 2.87. The molecule has 1 atom stereocenters. The molecule has 1 aromatic carbocycles. The van der Waals surface area contributed by atoms with E-state index < -0.39 is 5.54 Å². The smallest absolute Gasteiger partial charge is 0.327 e. The zero-order valence-corrected chi connectivity index (χ0v) is 11.2. The van der Waals surface area contributed by atoms with Crippen LogP contribution in [0.4, 0.5) is 10.1 Å². The number of likely N-dealkylation sites (N-methyl/N-ethyl adjacent to an activating group) is 1. The summed E-state index contributed by atoms with van der Waals surface area (Å²) in [6, 6.07) is 6.11. The lowest BCUT2D eigenvalue weighted by Gasteiger charge is -2.32. The highest BCUT2D eigenvalue weighted by Gasteiger charge is 2.49. The number of carbonyl (C=O) groups is 1. The molecule has 19 heavy (non-hydrogen) atoms. The zero-order valence-electron chi connectivity index (χ0n) is 11.2. The molecule has 1 aliphatic rings. The van der Waals surface area contributed by atoms with Gasteiger partial charge in [0.25, 0.3) is 0 Å². The number of esters is 1. The second-order valence-corrected chi connectivity index (χ2v) is 5.14. The lowest BCUT2D eigenvalue weighted by molar-refractivity contribution is -0.147. The van der Waals surface area contributed by atoms with E-state index in [1.165, 1.54) is 19.2 Å². The van der Waals surface area contributed by atoms with Gasteiger partial charge in [0.15, 0.2) is 0 Å². The summed E-state index contributed by atoms with van der Waals surface area (Å²) in [5, 5.41) is 0. The average molecular weight is 266 g/mol. The van der Waals surface area contributed by atoms with Gasteiger partial charge in [0, 0.05) is 19.3 Å². The molecule has 1 aliphatic carbocycles. The maximum atomic E-state index is 12.9. The van der Waals surface area contributed by atoms with Crippen molar-refractivity contribution in [3.05, 3.63) is 30.1 Å². The van der Waals surface area contributed by atoms with Crippen molar-refractivity contribution < 1.29 is 13.9 Å². The SMILES string of the molecule is COC(=O)C(N)(CN(C)c1ccc(F)cc1)C1CC1. The molecule has 0 spiro atoms. The molecule has 0 heterocycles. The van der Waals surface area contributed by atoms with Crippen molar-refractivity contribution in [2.75, 3.05) is 25.6 Å². The number of rotatable bonds is 5. The first kappa shape index (κ1) is 13.8. The summed E-state index contributed by atoms with van der Waals surface area (Å²) in [5.41, 5.74) is 6.07. The number of ether oxygens (including phenoxy) is 1. The summed E-state index contributed by atoms with van der Waals surface area (Å²) in [5.74, 6) is -0.502. The van der Waals surface area contributed by atoms with E-state index in [9.17, 15) is 9.18 Å². The van der Waals surface area contributed by atoms with Crippen molar-refractivity contribution in [1.82, 2.24) is 0 Å². The molecule has 1 fully saturated rings. The average Bonchev–Trinajstić information content (AvgIpc) is 3.22. The maximum Gasteiger partial charge on any atom is 0.327 e. The molecule has 1 unspecified atom stereocenters. The molecule has 0 saturated heterocycles. The fraction of sp³-hybridized carbons (Fsp3) is 0.500. The number of halogens is 1. The van der Waals surface area contributed by atoms with Gasteiger partial charge in [-0.3, -0.25) is 0 Å². The van der Waals surface area contributed by atoms with Crippen molar-refractivity contribution in [3.8, 4) is 0 Å². The van der Waals surface area contributed by atoms with Crippen LogP contribution in [0.5, 0.6) is 0 Å². The van der Waals surface area contributed by atoms with Crippen LogP contribution in [0, 0.1) is 11.7 Å². The van der Waals surface area contributed by atoms with Gasteiger partial charge in [-0.05, 0) is 43.0 Å². The monoisotopic (exact) mass is 266 g/mol. The third-order valence-corrected chi connectivity index (χ3v) is 3.64. The Morgan fingerprint density at radius 3 is 2.53 bits per heavy atom. The Labute approximate surface area is 112 Å². The molecule has 0 aromatic heterocycles. The molecule has 0 bridgehead atoms. The van der Waals surface area contributed by atoms with Gasteiger partial charge < -0.3 is 15.4 Å². The van der Waals surface area contributed by atoms with E-state index in [2.05, 4.69) is 0 Å². The Kier molecular flexibility index (Phi) is 3.75. The first-order valence-electron chi connectivity index (χ1n) is 6.31. The normalized spacial score (nSPS) is 17.7. The number of carbonyl (C=O) groups excluding carboxylic acids is 1. The molecule has 2 N–H and O–H groups in total. The molecule has 1 saturated carbocycles. The fourth-order valence-electron chi connectivity index (χ4n) is 2.33. The molecular weight excluding hydrogens is 247 g/mol. The van der Waals surface area contributed by atoms with E-state index in [-0.39, 0.29) is 17.7 Å². The summed E-state index contributed by atoms with van der Waals surface area (Å²) >= 11 is 0. The summed E-state index contributed by atoms with van der Waals surface area (Å²) in [7, 11) is 3.18. The largest absolute Gasteiger partial charge is 0.468 e. The number of hydrogen-bond acceptors (Lipinski definition) is 4. The molecular formula is C14H19FN2O2. The predicted molar refractivity (Wildman–Crippen MR) is 71.3 cm³/mol. The third-order valence-electron chi connectivity index (χ3n) is 3.64. The molecule has 0 aliphatic heterocycles. The Balaban J connectivity index is 2.13. The molecule has 2 rings (SSSR count). The van der Waals surface area contributed by atoms with Gasteiger partial charge in [-0.15, -0.1) is 0 Å². The van der Waals surface area contributed by atoms with Gasteiger partial charge in [0.05, 0.1) is 7.11 Å². The highest BCUT2D eigenvalue weighted by atomic mass is 19.1. The quantitative estimate of drug-likeness (QED) is 0.821. The first-order valence-corrected chi connectivity index (χ1v) is 6.31. The lowest BCUT2D eigenvalue weighted by atomic mass is 9.93.